The van der Waals surface area contributed by atoms with E-state index in [0.717, 1.165) is 73.0 Å². The second-order valence-electron chi connectivity index (χ2n) is 20.8. The van der Waals surface area contributed by atoms with E-state index in [4.69, 9.17) is 0 Å². The quantitative estimate of drug-likeness (QED) is 0.135. The average molecular weight is 977 g/mol. The standard InChI is InChI=1S/C71H58F2N2/c1-43-12-29-58(47(5)38-43)52-19-36-68(64(41-52)60-11-9-8-10-46(60)4)74(56-25-21-54(72)22-26-56)66-34-17-50-16-33-63-67(35-18-51-15-32-62(66)70(50)71(51)63)75(57-27-23-55(73)24-28-57)69-37-20-53(59-30-13-44(2)39-48(59)6)42-65(69)61-31-14-45(3)40-49(61)7/h8-42,66,71H,1-7H3. The van der Waals surface area contributed by atoms with Gasteiger partial charge in [0.2, 0.25) is 0 Å². The summed E-state index contributed by atoms with van der Waals surface area (Å²) in [6.45, 7) is 15.1. The summed E-state index contributed by atoms with van der Waals surface area (Å²) in [6.07, 6.45) is 18.2. The lowest BCUT2D eigenvalue weighted by Gasteiger charge is -2.44. The molecule has 0 fully saturated rings. The third-order valence-corrected chi connectivity index (χ3v) is 15.7. The number of hydrogen-bond acceptors (Lipinski definition) is 2. The minimum atomic E-state index is -0.286. The summed E-state index contributed by atoms with van der Waals surface area (Å²) in [6, 6.07) is 55.9. The van der Waals surface area contributed by atoms with Crippen LogP contribution >= 0.6 is 0 Å². The molecule has 0 saturated heterocycles. The first-order valence-corrected chi connectivity index (χ1v) is 26.0. The van der Waals surface area contributed by atoms with Crippen molar-refractivity contribution >= 4 is 22.7 Å². The Morgan fingerprint density at radius 3 is 1.56 bits per heavy atom. The van der Waals surface area contributed by atoms with Gasteiger partial charge in [-0.05, 0) is 211 Å². The van der Waals surface area contributed by atoms with Gasteiger partial charge in [-0.3, -0.25) is 0 Å². The van der Waals surface area contributed by atoms with E-state index in [-0.39, 0.29) is 23.6 Å². The summed E-state index contributed by atoms with van der Waals surface area (Å²) < 4.78 is 30.0. The Morgan fingerprint density at radius 2 is 0.960 bits per heavy atom. The summed E-state index contributed by atoms with van der Waals surface area (Å²) in [5, 5.41) is 0. The van der Waals surface area contributed by atoms with E-state index in [9.17, 15) is 0 Å². The highest BCUT2D eigenvalue weighted by molar-refractivity contribution is 5.92. The van der Waals surface area contributed by atoms with E-state index in [0.29, 0.717) is 0 Å². The van der Waals surface area contributed by atoms with Crippen molar-refractivity contribution < 1.29 is 8.78 Å². The number of aryl methyl sites for hydroxylation is 7. The summed E-state index contributed by atoms with van der Waals surface area (Å²) >= 11 is 0. The van der Waals surface area contributed by atoms with Crippen LogP contribution in [-0.2, 0) is 0 Å². The summed E-state index contributed by atoms with van der Waals surface area (Å²) in [7, 11) is 0. The number of allylic oxidation sites excluding steroid dienone is 10. The van der Waals surface area contributed by atoms with Crippen LogP contribution in [0.25, 0.3) is 44.5 Å². The molecule has 4 aliphatic carbocycles. The van der Waals surface area contributed by atoms with Crippen LogP contribution in [0, 0.1) is 66.0 Å². The van der Waals surface area contributed by atoms with E-state index >= 15 is 8.78 Å². The summed E-state index contributed by atoms with van der Waals surface area (Å²) in [5.41, 5.74) is 28.3. The smallest absolute Gasteiger partial charge is 0.123 e. The normalized spacial score (nSPS) is 16.2. The maximum Gasteiger partial charge on any atom is 0.123 e. The van der Waals surface area contributed by atoms with Gasteiger partial charge in [0.15, 0.2) is 0 Å². The van der Waals surface area contributed by atoms with Crippen LogP contribution in [0.2, 0.25) is 0 Å². The van der Waals surface area contributed by atoms with Gasteiger partial charge >= 0.3 is 0 Å². The molecule has 0 amide bonds. The molecule has 2 unspecified atom stereocenters. The summed E-state index contributed by atoms with van der Waals surface area (Å²) in [4.78, 5) is 4.74. The van der Waals surface area contributed by atoms with Crippen LogP contribution in [0.3, 0.4) is 0 Å². The molecule has 2 nitrogen and oxygen atoms in total. The molecule has 0 aliphatic heterocycles. The van der Waals surface area contributed by atoms with Crippen molar-refractivity contribution in [3.8, 4) is 44.5 Å². The molecular formula is C71H58F2N2. The molecule has 8 aromatic rings. The highest BCUT2D eigenvalue weighted by Gasteiger charge is 2.40. The molecule has 2 atom stereocenters. The Balaban J connectivity index is 1.03. The molecule has 75 heavy (non-hydrogen) atoms. The fourth-order valence-corrected chi connectivity index (χ4v) is 12.1. The molecule has 0 spiro atoms. The van der Waals surface area contributed by atoms with Crippen molar-refractivity contribution in [2.75, 3.05) is 9.80 Å². The fourth-order valence-electron chi connectivity index (χ4n) is 12.1. The lowest BCUT2D eigenvalue weighted by atomic mass is 9.67. The third-order valence-electron chi connectivity index (χ3n) is 15.7. The van der Waals surface area contributed by atoms with Gasteiger partial charge in [-0.25, -0.2) is 8.78 Å². The average Bonchev–Trinajstić information content (AvgIpc) is 3.43. The zero-order valence-corrected chi connectivity index (χ0v) is 43.5. The molecule has 0 saturated carbocycles. The number of benzene rings is 8. The van der Waals surface area contributed by atoms with E-state index in [1.165, 1.54) is 66.8 Å². The molecule has 8 aromatic carbocycles. The van der Waals surface area contributed by atoms with Gasteiger partial charge in [-0.2, -0.15) is 0 Å². The van der Waals surface area contributed by atoms with Gasteiger partial charge in [0.05, 0.1) is 17.4 Å². The van der Waals surface area contributed by atoms with Crippen molar-refractivity contribution in [3.05, 3.63) is 297 Å². The Morgan fingerprint density at radius 1 is 0.413 bits per heavy atom. The molecule has 0 heterocycles. The largest absolute Gasteiger partial charge is 0.330 e. The predicted molar refractivity (Wildman–Crippen MR) is 310 cm³/mol. The maximum atomic E-state index is 15.0. The monoisotopic (exact) mass is 976 g/mol. The van der Waals surface area contributed by atoms with Crippen LogP contribution in [0.5, 0.6) is 0 Å². The number of rotatable bonds is 10. The highest BCUT2D eigenvalue weighted by Crippen LogP contribution is 2.53. The predicted octanol–water partition coefficient (Wildman–Crippen LogP) is 18.9. The molecule has 4 heteroatoms. The van der Waals surface area contributed by atoms with Crippen LogP contribution < -0.4 is 9.80 Å². The molecule has 12 rings (SSSR count). The van der Waals surface area contributed by atoms with Crippen LogP contribution in [0.15, 0.2) is 246 Å². The second kappa shape index (κ2) is 19.0. The molecule has 0 bridgehead atoms. The lowest BCUT2D eigenvalue weighted by Crippen LogP contribution is -2.37. The molecule has 4 aliphatic rings. The number of halogens is 2. The fraction of sp³-hybridized carbons (Fsp3) is 0.127. The van der Waals surface area contributed by atoms with Gasteiger partial charge in [0.25, 0.3) is 0 Å². The molecule has 0 radical (unpaired) electrons. The van der Waals surface area contributed by atoms with E-state index in [1.54, 1.807) is 24.3 Å². The second-order valence-corrected chi connectivity index (χ2v) is 20.8. The van der Waals surface area contributed by atoms with Crippen LogP contribution in [0.4, 0.5) is 31.5 Å². The number of nitrogens with zero attached hydrogens (tertiary/aromatic N) is 2. The zero-order chi connectivity index (χ0) is 51.6. The van der Waals surface area contributed by atoms with Gasteiger partial charge in [0, 0.05) is 34.1 Å². The van der Waals surface area contributed by atoms with E-state index in [1.807, 2.05) is 24.3 Å². The first-order valence-electron chi connectivity index (χ1n) is 26.0. The minimum absolute atomic E-state index is 0.0998. The highest BCUT2D eigenvalue weighted by atomic mass is 19.1. The number of anilines is 4. The van der Waals surface area contributed by atoms with Crippen molar-refractivity contribution in [1.82, 2.24) is 0 Å². The molecule has 0 N–H and O–H groups in total. The van der Waals surface area contributed by atoms with Crippen molar-refractivity contribution in [1.29, 1.82) is 0 Å². The van der Waals surface area contributed by atoms with Crippen molar-refractivity contribution in [2.45, 2.75) is 54.5 Å². The Bertz CT molecular complexity index is 3870. The number of hydrogen-bond donors (Lipinski definition) is 0. The Labute approximate surface area is 440 Å². The zero-order valence-electron chi connectivity index (χ0n) is 43.5. The first-order chi connectivity index (χ1) is 36.4. The van der Waals surface area contributed by atoms with E-state index in [2.05, 4.69) is 222 Å². The van der Waals surface area contributed by atoms with Gasteiger partial charge in [0.1, 0.15) is 11.6 Å². The molecule has 0 aromatic heterocycles. The van der Waals surface area contributed by atoms with Gasteiger partial charge < -0.3 is 9.80 Å². The van der Waals surface area contributed by atoms with Crippen molar-refractivity contribution in [2.24, 2.45) is 5.92 Å². The van der Waals surface area contributed by atoms with Gasteiger partial charge in [-0.1, -0.05) is 150 Å². The molecule has 366 valence electrons. The lowest BCUT2D eigenvalue weighted by molar-refractivity contribution is 0.627. The summed E-state index contributed by atoms with van der Waals surface area (Å²) in [5.74, 6) is -0.667. The minimum Gasteiger partial charge on any atom is -0.330 e. The SMILES string of the molecule is Cc1ccc(-c2ccc(N(C3=C4C=CC5=C6C(=CC=C(C=C3)C46)C(N(c3ccc(F)cc3)c3ccc(-c4ccc(C)cc4C)cc3-c3ccccc3C)C=C5)c3ccc(F)cc3)c(-c3ccc(C)cc3C)c2)c(C)c1. The van der Waals surface area contributed by atoms with E-state index < -0.39 is 0 Å². The Kier molecular flexibility index (Phi) is 12.0. The van der Waals surface area contributed by atoms with Crippen LogP contribution in [0.1, 0.15) is 38.9 Å². The Hall–Kier alpha value is -8.60. The van der Waals surface area contributed by atoms with Crippen LogP contribution in [-0.4, -0.2) is 6.04 Å². The maximum absolute atomic E-state index is 15.0. The topological polar surface area (TPSA) is 6.48 Å². The van der Waals surface area contributed by atoms with Crippen molar-refractivity contribution in [3.63, 3.8) is 0 Å². The first kappa shape index (κ1) is 47.4. The third kappa shape index (κ3) is 8.54. The van der Waals surface area contributed by atoms with Gasteiger partial charge in [-0.15, -0.1) is 0 Å². The molecular weight excluding hydrogens is 919 g/mol.